The van der Waals surface area contributed by atoms with Gasteiger partial charge in [-0.05, 0) is 19.4 Å². The van der Waals surface area contributed by atoms with E-state index in [2.05, 4.69) is 27.1 Å². The summed E-state index contributed by atoms with van der Waals surface area (Å²) in [6.45, 7) is 5.06. The maximum Gasteiger partial charge on any atom is 0.182 e. The fourth-order valence-corrected chi connectivity index (χ4v) is 1.91. The van der Waals surface area contributed by atoms with Gasteiger partial charge in [-0.1, -0.05) is 6.92 Å². The summed E-state index contributed by atoms with van der Waals surface area (Å²) in [5.41, 5.74) is 0.363. The number of nitrogens with one attached hydrogen (secondary N) is 1. The van der Waals surface area contributed by atoms with Crippen LogP contribution in [0.25, 0.3) is 0 Å². The van der Waals surface area contributed by atoms with E-state index in [9.17, 15) is 0 Å². The molecule has 0 aromatic carbocycles. The second kappa shape index (κ2) is 5.60. The molecule has 17 heavy (non-hydrogen) atoms. The van der Waals surface area contributed by atoms with Gasteiger partial charge in [-0.3, -0.25) is 4.90 Å². The number of aromatic nitrogens is 2. The van der Waals surface area contributed by atoms with Crippen molar-refractivity contribution in [2.24, 2.45) is 0 Å². The smallest absolute Gasteiger partial charge is 0.182 e. The van der Waals surface area contributed by atoms with Crippen molar-refractivity contribution in [1.82, 2.24) is 14.9 Å². The Bertz CT molecular complexity index is 408. The first kappa shape index (κ1) is 11.8. The third-order valence-electron chi connectivity index (χ3n) is 2.97. The summed E-state index contributed by atoms with van der Waals surface area (Å²) in [4.78, 5) is 10.5. The summed E-state index contributed by atoms with van der Waals surface area (Å²) >= 11 is 0. The van der Waals surface area contributed by atoms with Gasteiger partial charge in [0, 0.05) is 31.5 Å². The summed E-state index contributed by atoms with van der Waals surface area (Å²) in [5.74, 6) is 0.585. The first-order chi connectivity index (χ1) is 8.35. The molecule has 0 aliphatic heterocycles. The zero-order valence-electron chi connectivity index (χ0n) is 10.1. The van der Waals surface area contributed by atoms with Crippen molar-refractivity contribution in [3.8, 4) is 6.07 Å². The van der Waals surface area contributed by atoms with Crippen molar-refractivity contribution in [3.05, 3.63) is 18.1 Å². The van der Waals surface area contributed by atoms with Gasteiger partial charge in [0.25, 0.3) is 0 Å². The third-order valence-corrected chi connectivity index (χ3v) is 2.97. The predicted octanol–water partition coefficient (Wildman–Crippen LogP) is 1.24. The van der Waals surface area contributed by atoms with Crippen molar-refractivity contribution in [1.29, 1.82) is 5.26 Å². The predicted molar refractivity (Wildman–Crippen MR) is 65.5 cm³/mol. The monoisotopic (exact) mass is 231 g/mol. The molecule has 1 heterocycles. The van der Waals surface area contributed by atoms with E-state index < -0.39 is 0 Å². The van der Waals surface area contributed by atoms with Gasteiger partial charge in [0.1, 0.15) is 6.07 Å². The number of hydrogen-bond acceptors (Lipinski definition) is 5. The average Bonchev–Trinajstić information content (AvgIpc) is 3.19. The van der Waals surface area contributed by atoms with Crippen LogP contribution in [0.5, 0.6) is 0 Å². The molecule has 1 aliphatic carbocycles. The minimum absolute atomic E-state index is 0.363. The molecule has 1 aromatic heterocycles. The molecule has 1 aliphatic rings. The Balaban J connectivity index is 1.83. The van der Waals surface area contributed by atoms with Gasteiger partial charge in [0.05, 0.1) is 0 Å². The summed E-state index contributed by atoms with van der Waals surface area (Å²) in [6, 6.07) is 2.81. The zero-order valence-corrected chi connectivity index (χ0v) is 10.1. The largest absolute Gasteiger partial charge is 0.366 e. The Hall–Kier alpha value is -1.67. The van der Waals surface area contributed by atoms with Crippen LogP contribution in [0.1, 0.15) is 25.5 Å². The van der Waals surface area contributed by atoms with Crippen molar-refractivity contribution in [2.45, 2.75) is 25.8 Å². The fourth-order valence-electron chi connectivity index (χ4n) is 1.91. The maximum atomic E-state index is 8.87. The zero-order chi connectivity index (χ0) is 12.1. The molecule has 0 saturated heterocycles. The SMILES string of the molecule is CCN(CCNc1nccnc1C#N)C1CC1. The van der Waals surface area contributed by atoms with Gasteiger partial charge in [-0.25, -0.2) is 9.97 Å². The Morgan fingerprint density at radius 1 is 1.47 bits per heavy atom. The van der Waals surface area contributed by atoms with Gasteiger partial charge < -0.3 is 5.32 Å². The summed E-state index contributed by atoms with van der Waals surface area (Å²) in [7, 11) is 0. The van der Waals surface area contributed by atoms with E-state index in [1.54, 1.807) is 6.20 Å². The van der Waals surface area contributed by atoms with Crippen LogP contribution in [0.3, 0.4) is 0 Å². The Morgan fingerprint density at radius 2 is 2.24 bits per heavy atom. The molecule has 5 heteroatoms. The molecule has 1 fully saturated rings. The number of nitrogens with zero attached hydrogens (tertiary/aromatic N) is 4. The molecule has 90 valence electrons. The second-order valence-corrected chi connectivity index (χ2v) is 4.15. The van der Waals surface area contributed by atoms with Crippen molar-refractivity contribution in [2.75, 3.05) is 25.0 Å². The van der Waals surface area contributed by atoms with E-state index in [0.717, 1.165) is 25.7 Å². The van der Waals surface area contributed by atoms with E-state index in [0.29, 0.717) is 11.5 Å². The Labute approximate surface area is 101 Å². The third kappa shape index (κ3) is 3.14. The Kier molecular flexibility index (Phi) is 3.89. The van der Waals surface area contributed by atoms with E-state index >= 15 is 0 Å². The Morgan fingerprint density at radius 3 is 2.88 bits per heavy atom. The van der Waals surface area contributed by atoms with Crippen molar-refractivity contribution in [3.63, 3.8) is 0 Å². The van der Waals surface area contributed by atoms with Crippen LogP contribution in [0.2, 0.25) is 0 Å². The highest BCUT2D eigenvalue weighted by Gasteiger charge is 2.27. The molecule has 0 radical (unpaired) electrons. The minimum Gasteiger partial charge on any atom is -0.366 e. The molecule has 1 saturated carbocycles. The van der Waals surface area contributed by atoms with Gasteiger partial charge in [0.2, 0.25) is 0 Å². The lowest BCUT2D eigenvalue weighted by Crippen LogP contribution is -2.31. The molecule has 1 N–H and O–H groups in total. The van der Waals surface area contributed by atoms with E-state index in [4.69, 9.17) is 5.26 Å². The minimum atomic E-state index is 0.363. The first-order valence-corrected chi connectivity index (χ1v) is 6.04. The highest BCUT2D eigenvalue weighted by molar-refractivity contribution is 5.46. The number of likely N-dealkylation sites (N-methyl/N-ethyl adjacent to an activating group) is 1. The normalized spacial score (nSPS) is 14.6. The molecule has 1 aromatic rings. The molecule has 5 nitrogen and oxygen atoms in total. The van der Waals surface area contributed by atoms with Crippen LogP contribution in [-0.4, -0.2) is 40.5 Å². The number of hydrogen-bond donors (Lipinski definition) is 1. The molecule has 2 rings (SSSR count). The lowest BCUT2D eigenvalue weighted by molar-refractivity contribution is 0.289. The van der Waals surface area contributed by atoms with E-state index in [1.807, 2.05) is 6.07 Å². The van der Waals surface area contributed by atoms with Crippen LogP contribution in [0.4, 0.5) is 5.82 Å². The van der Waals surface area contributed by atoms with Gasteiger partial charge >= 0.3 is 0 Å². The van der Waals surface area contributed by atoms with Crippen LogP contribution >= 0.6 is 0 Å². The number of nitriles is 1. The standard InChI is InChI=1S/C12H17N5/c1-2-17(10-3-4-10)8-7-16-12-11(9-13)14-5-6-15-12/h5-6,10H,2-4,7-8H2,1H3,(H,15,16). The van der Waals surface area contributed by atoms with Crippen molar-refractivity contribution >= 4 is 5.82 Å². The van der Waals surface area contributed by atoms with Gasteiger partial charge in [0.15, 0.2) is 11.5 Å². The topological polar surface area (TPSA) is 64.8 Å². The van der Waals surface area contributed by atoms with Crippen LogP contribution < -0.4 is 5.32 Å². The van der Waals surface area contributed by atoms with Crippen LogP contribution in [0.15, 0.2) is 12.4 Å². The van der Waals surface area contributed by atoms with E-state index in [1.165, 1.54) is 19.0 Å². The fraction of sp³-hybridized carbons (Fsp3) is 0.583. The molecular weight excluding hydrogens is 214 g/mol. The molecule has 0 amide bonds. The lowest BCUT2D eigenvalue weighted by atomic mass is 10.4. The summed E-state index contributed by atoms with van der Waals surface area (Å²) in [5, 5.41) is 12.0. The first-order valence-electron chi connectivity index (χ1n) is 6.04. The molecule has 0 bridgehead atoms. The molecule has 0 unspecified atom stereocenters. The maximum absolute atomic E-state index is 8.87. The average molecular weight is 231 g/mol. The van der Waals surface area contributed by atoms with Gasteiger partial charge in [-0.15, -0.1) is 0 Å². The van der Waals surface area contributed by atoms with E-state index in [-0.39, 0.29) is 0 Å². The second-order valence-electron chi connectivity index (χ2n) is 4.15. The summed E-state index contributed by atoms with van der Waals surface area (Å²) < 4.78 is 0. The summed E-state index contributed by atoms with van der Waals surface area (Å²) in [6.07, 6.45) is 5.78. The van der Waals surface area contributed by atoms with Gasteiger partial charge in [-0.2, -0.15) is 5.26 Å². The number of anilines is 1. The molecule has 0 spiro atoms. The quantitative estimate of drug-likeness (QED) is 0.798. The molecule has 0 atom stereocenters. The number of rotatable bonds is 6. The molecular formula is C12H17N5. The van der Waals surface area contributed by atoms with Crippen molar-refractivity contribution < 1.29 is 0 Å². The van der Waals surface area contributed by atoms with Crippen LogP contribution in [-0.2, 0) is 0 Å². The highest BCUT2D eigenvalue weighted by atomic mass is 15.2. The van der Waals surface area contributed by atoms with Crippen LogP contribution in [0, 0.1) is 11.3 Å². The lowest BCUT2D eigenvalue weighted by Gasteiger charge is -2.19. The highest BCUT2D eigenvalue weighted by Crippen LogP contribution is 2.25.